The highest BCUT2D eigenvalue weighted by Gasteiger charge is 2.19. The van der Waals surface area contributed by atoms with E-state index in [-0.39, 0.29) is 23.2 Å². The zero-order valence-electron chi connectivity index (χ0n) is 11.6. The minimum Gasteiger partial charge on any atom is -0.459 e. The van der Waals surface area contributed by atoms with Crippen LogP contribution in [0.1, 0.15) is 36.2 Å². The van der Waals surface area contributed by atoms with Crippen molar-refractivity contribution in [1.82, 2.24) is 0 Å². The average Bonchev–Trinajstić information content (AvgIpc) is 2.38. The van der Waals surface area contributed by atoms with Gasteiger partial charge in [-0.25, -0.2) is 13.2 Å². The van der Waals surface area contributed by atoms with Crippen LogP contribution in [0, 0.1) is 0 Å². The summed E-state index contributed by atoms with van der Waals surface area (Å²) in [5, 5.41) is 0. The Hall–Kier alpha value is -1.11. The molecule has 0 spiro atoms. The van der Waals surface area contributed by atoms with Crippen molar-refractivity contribution in [3.63, 3.8) is 0 Å². The van der Waals surface area contributed by atoms with E-state index in [2.05, 4.69) is 0 Å². The van der Waals surface area contributed by atoms with Crippen LogP contribution in [0.5, 0.6) is 0 Å². The van der Waals surface area contributed by atoms with Crippen LogP contribution >= 0.6 is 10.7 Å². The van der Waals surface area contributed by atoms with Crippen LogP contribution in [-0.2, 0) is 25.1 Å². The van der Waals surface area contributed by atoms with Crippen LogP contribution in [0.3, 0.4) is 0 Å². The van der Waals surface area contributed by atoms with E-state index in [1.54, 1.807) is 6.92 Å². The SMILES string of the molecule is CCC(C)OC(=O)c1ccc(COC)c(S(=O)(=O)Cl)c1. The first-order valence-corrected chi connectivity index (χ1v) is 8.38. The number of ether oxygens (including phenoxy) is 2. The van der Waals surface area contributed by atoms with Crippen molar-refractivity contribution in [3.8, 4) is 0 Å². The van der Waals surface area contributed by atoms with Crippen molar-refractivity contribution in [2.75, 3.05) is 7.11 Å². The summed E-state index contributed by atoms with van der Waals surface area (Å²) in [7, 11) is 2.85. The average molecular weight is 321 g/mol. The maximum atomic E-state index is 11.9. The molecule has 0 aliphatic rings. The van der Waals surface area contributed by atoms with Crippen molar-refractivity contribution in [1.29, 1.82) is 0 Å². The van der Waals surface area contributed by atoms with Gasteiger partial charge in [0.2, 0.25) is 0 Å². The lowest BCUT2D eigenvalue weighted by molar-refractivity contribution is 0.0334. The van der Waals surface area contributed by atoms with Crippen molar-refractivity contribution in [2.24, 2.45) is 0 Å². The fourth-order valence-corrected chi connectivity index (χ4v) is 2.66. The van der Waals surface area contributed by atoms with Gasteiger partial charge >= 0.3 is 5.97 Å². The summed E-state index contributed by atoms with van der Waals surface area (Å²) >= 11 is 0. The molecule has 0 amide bonds. The molecular weight excluding hydrogens is 304 g/mol. The molecule has 1 atom stereocenters. The summed E-state index contributed by atoms with van der Waals surface area (Å²) in [6.07, 6.45) is 0.436. The van der Waals surface area contributed by atoms with E-state index in [1.807, 2.05) is 6.92 Å². The van der Waals surface area contributed by atoms with E-state index in [4.69, 9.17) is 20.2 Å². The molecule has 0 heterocycles. The molecule has 20 heavy (non-hydrogen) atoms. The number of hydrogen-bond acceptors (Lipinski definition) is 5. The molecule has 0 aliphatic heterocycles. The molecule has 0 aliphatic carbocycles. The maximum absolute atomic E-state index is 11.9. The van der Waals surface area contributed by atoms with Gasteiger partial charge in [0.15, 0.2) is 0 Å². The van der Waals surface area contributed by atoms with Crippen molar-refractivity contribution in [2.45, 2.75) is 37.9 Å². The maximum Gasteiger partial charge on any atom is 0.338 e. The Morgan fingerprint density at radius 1 is 1.40 bits per heavy atom. The van der Waals surface area contributed by atoms with Gasteiger partial charge < -0.3 is 9.47 Å². The molecule has 5 nitrogen and oxygen atoms in total. The Kier molecular flexibility index (Phi) is 5.98. The molecule has 0 aromatic heterocycles. The quantitative estimate of drug-likeness (QED) is 0.595. The normalized spacial score (nSPS) is 13.0. The lowest BCUT2D eigenvalue weighted by Crippen LogP contribution is -2.14. The van der Waals surface area contributed by atoms with E-state index in [0.29, 0.717) is 12.0 Å². The van der Waals surface area contributed by atoms with Crippen molar-refractivity contribution < 1.29 is 22.7 Å². The number of carbonyl (C=O) groups excluding carboxylic acids is 1. The molecule has 1 aromatic rings. The van der Waals surface area contributed by atoms with Gasteiger partial charge in [0, 0.05) is 17.8 Å². The summed E-state index contributed by atoms with van der Waals surface area (Å²) in [6.45, 7) is 3.73. The summed E-state index contributed by atoms with van der Waals surface area (Å²) in [4.78, 5) is 11.7. The van der Waals surface area contributed by atoms with Crippen LogP contribution in [0.15, 0.2) is 23.1 Å². The van der Waals surface area contributed by atoms with Crippen LogP contribution in [-0.4, -0.2) is 27.6 Å². The minimum atomic E-state index is -3.96. The largest absolute Gasteiger partial charge is 0.459 e. The topological polar surface area (TPSA) is 69.7 Å². The minimum absolute atomic E-state index is 0.0853. The molecule has 1 aromatic carbocycles. The van der Waals surface area contributed by atoms with Gasteiger partial charge in [0.1, 0.15) is 0 Å². The molecule has 0 radical (unpaired) electrons. The van der Waals surface area contributed by atoms with Gasteiger partial charge in [0.25, 0.3) is 9.05 Å². The summed E-state index contributed by atoms with van der Waals surface area (Å²) in [5.74, 6) is -0.579. The number of esters is 1. The number of halogens is 1. The second-order valence-corrected chi connectivity index (χ2v) is 6.85. The Bertz CT molecular complexity index is 582. The Morgan fingerprint density at radius 2 is 2.05 bits per heavy atom. The van der Waals surface area contributed by atoms with Crippen LogP contribution in [0.25, 0.3) is 0 Å². The highest BCUT2D eigenvalue weighted by Crippen LogP contribution is 2.23. The summed E-state index contributed by atoms with van der Waals surface area (Å²) < 4.78 is 33.1. The summed E-state index contributed by atoms with van der Waals surface area (Å²) in [6, 6.07) is 4.19. The fraction of sp³-hybridized carbons (Fsp3) is 0.462. The van der Waals surface area contributed by atoms with Crippen LogP contribution < -0.4 is 0 Å². The second-order valence-electron chi connectivity index (χ2n) is 4.32. The predicted octanol–water partition coefficient (Wildman–Crippen LogP) is 2.72. The number of carbonyl (C=O) groups is 1. The monoisotopic (exact) mass is 320 g/mol. The zero-order valence-corrected chi connectivity index (χ0v) is 13.1. The van der Waals surface area contributed by atoms with Gasteiger partial charge in [-0.05, 0) is 31.0 Å². The molecule has 1 rings (SSSR count). The first kappa shape index (κ1) is 16.9. The Morgan fingerprint density at radius 3 is 2.55 bits per heavy atom. The first-order valence-electron chi connectivity index (χ1n) is 6.07. The third-order valence-electron chi connectivity index (χ3n) is 2.75. The van der Waals surface area contributed by atoms with Crippen molar-refractivity contribution in [3.05, 3.63) is 29.3 Å². The molecular formula is C13H17ClO5S. The van der Waals surface area contributed by atoms with Gasteiger partial charge in [-0.2, -0.15) is 0 Å². The summed E-state index contributed by atoms with van der Waals surface area (Å²) in [5.41, 5.74) is 0.534. The molecule has 0 saturated heterocycles. The van der Waals surface area contributed by atoms with Gasteiger partial charge in [-0.3, -0.25) is 0 Å². The highest BCUT2D eigenvalue weighted by atomic mass is 35.7. The van der Waals surface area contributed by atoms with E-state index in [9.17, 15) is 13.2 Å². The zero-order chi connectivity index (χ0) is 15.3. The predicted molar refractivity (Wildman–Crippen MR) is 75.4 cm³/mol. The highest BCUT2D eigenvalue weighted by molar-refractivity contribution is 8.13. The van der Waals surface area contributed by atoms with E-state index in [0.717, 1.165) is 0 Å². The third kappa shape index (κ3) is 4.47. The molecule has 7 heteroatoms. The van der Waals surface area contributed by atoms with Gasteiger partial charge in [-0.1, -0.05) is 13.0 Å². The van der Waals surface area contributed by atoms with Gasteiger partial charge in [0.05, 0.1) is 23.2 Å². The Balaban J connectivity index is 3.16. The Labute approximate surface area is 123 Å². The second kappa shape index (κ2) is 7.06. The molecule has 0 saturated carbocycles. The molecule has 1 unspecified atom stereocenters. The number of methoxy groups -OCH3 is 1. The first-order chi connectivity index (χ1) is 9.29. The van der Waals surface area contributed by atoms with E-state index < -0.39 is 15.0 Å². The van der Waals surface area contributed by atoms with E-state index >= 15 is 0 Å². The molecule has 112 valence electrons. The number of rotatable bonds is 6. The third-order valence-corrected chi connectivity index (χ3v) is 4.15. The lowest BCUT2D eigenvalue weighted by atomic mass is 10.1. The smallest absolute Gasteiger partial charge is 0.338 e. The molecule has 0 bridgehead atoms. The lowest BCUT2D eigenvalue weighted by Gasteiger charge is -2.12. The fourth-order valence-electron chi connectivity index (χ4n) is 1.52. The number of hydrogen-bond donors (Lipinski definition) is 0. The number of benzene rings is 1. The standard InChI is InChI=1S/C13H17ClO5S/c1-4-9(2)19-13(15)10-5-6-11(8-18-3)12(7-10)20(14,16)17/h5-7,9H,4,8H2,1-3H3. The molecule has 0 fully saturated rings. The van der Waals surface area contributed by atoms with Gasteiger partial charge in [-0.15, -0.1) is 0 Å². The van der Waals surface area contributed by atoms with Crippen molar-refractivity contribution >= 4 is 25.7 Å². The van der Waals surface area contributed by atoms with Crippen LogP contribution in [0.4, 0.5) is 0 Å². The molecule has 0 N–H and O–H groups in total. The van der Waals surface area contributed by atoms with E-state index in [1.165, 1.54) is 25.3 Å². The van der Waals surface area contributed by atoms with Crippen LogP contribution in [0.2, 0.25) is 0 Å².